The molecular weight excluding hydrogens is 264 g/mol. The maximum absolute atomic E-state index is 11.7. The van der Waals surface area contributed by atoms with Crippen LogP contribution in [0, 0.1) is 6.92 Å². The zero-order chi connectivity index (χ0) is 14.6. The molecule has 6 heteroatoms. The fourth-order valence-corrected chi connectivity index (χ4v) is 2.45. The van der Waals surface area contributed by atoms with E-state index in [0.29, 0.717) is 11.4 Å². The molecule has 0 fully saturated rings. The normalized spacial score (nSPS) is 11.6. The van der Waals surface area contributed by atoms with Crippen molar-refractivity contribution in [2.45, 2.75) is 32.4 Å². The molecule has 0 heterocycles. The van der Waals surface area contributed by atoms with Gasteiger partial charge in [-0.3, -0.25) is 4.79 Å². The molecule has 1 amide bonds. The molecular formula is C13H20N2O3S. The van der Waals surface area contributed by atoms with Crippen LogP contribution >= 0.6 is 0 Å². The summed E-state index contributed by atoms with van der Waals surface area (Å²) in [6.45, 7) is 5.05. The number of sulfone groups is 1. The second-order valence-electron chi connectivity index (χ2n) is 4.79. The number of nitrogens with two attached hydrogens (primary N) is 1. The number of carbonyl (C=O) groups is 1. The average molecular weight is 284 g/mol. The highest BCUT2D eigenvalue weighted by Gasteiger charge is 2.17. The van der Waals surface area contributed by atoms with E-state index in [9.17, 15) is 13.2 Å². The molecule has 19 heavy (non-hydrogen) atoms. The molecule has 0 bridgehead atoms. The van der Waals surface area contributed by atoms with Crippen LogP contribution in [-0.2, 0) is 14.6 Å². The minimum atomic E-state index is -3.18. The number of aryl methyl sites for hydroxylation is 1. The summed E-state index contributed by atoms with van der Waals surface area (Å²) in [5.74, 6) is -0.443. The van der Waals surface area contributed by atoms with Crippen molar-refractivity contribution in [1.29, 1.82) is 0 Å². The van der Waals surface area contributed by atoms with Crippen LogP contribution in [0.3, 0.4) is 0 Å². The maximum Gasteiger partial charge on any atom is 0.225 e. The highest BCUT2D eigenvalue weighted by Crippen LogP contribution is 2.17. The van der Waals surface area contributed by atoms with Crippen molar-refractivity contribution in [3.8, 4) is 0 Å². The van der Waals surface area contributed by atoms with E-state index in [-0.39, 0.29) is 18.1 Å². The Balaban J connectivity index is 2.62. The number of hydrogen-bond donors (Lipinski definition) is 2. The monoisotopic (exact) mass is 284 g/mol. The van der Waals surface area contributed by atoms with E-state index < -0.39 is 15.1 Å². The van der Waals surface area contributed by atoms with Crippen molar-refractivity contribution < 1.29 is 13.2 Å². The molecule has 1 rings (SSSR count). The molecule has 0 saturated carbocycles. The van der Waals surface area contributed by atoms with E-state index in [1.807, 2.05) is 6.92 Å². The Bertz CT molecular complexity index is 565. The van der Waals surface area contributed by atoms with Gasteiger partial charge in [0.15, 0.2) is 9.84 Å². The summed E-state index contributed by atoms with van der Waals surface area (Å²) in [5.41, 5.74) is 7.74. The minimum Gasteiger partial charge on any atom is -0.399 e. The molecule has 0 spiro atoms. The first kappa shape index (κ1) is 15.5. The third kappa shape index (κ3) is 4.55. The van der Waals surface area contributed by atoms with Crippen LogP contribution in [0.4, 0.5) is 11.4 Å². The Morgan fingerprint density at radius 2 is 2.00 bits per heavy atom. The Morgan fingerprint density at radius 1 is 1.37 bits per heavy atom. The summed E-state index contributed by atoms with van der Waals surface area (Å²) in [6.07, 6.45) is -0.0374. The van der Waals surface area contributed by atoms with Crippen molar-refractivity contribution in [3.63, 3.8) is 0 Å². The van der Waals surface area contributed by atoms with Crippen LogP contribution in [0.15, 0.2) is 18.2 Å². The van der Waals surface area contributed by atoms with Gasteiger partial charge in [-0.25, -0.2) is 8.42 Å². The third-order valence-electron chi connectivity index (χ3n) is 2.86. The van der Waals surface area contributed by atoms with Crippen LogP contribution in [-0.4, -0.2) is 25.3 Å². The highest BCUT2D eigenvalue weighted by atomic mass is 32.2. The van der Waals surface area contributed by atoms with Gasteiger partial charge in [0.25, 0.3) is 0 Å². The summed E-state index contributed by atoms with van der Waals surface area (Å²) < 4.78 is 23.2. The first-order chi connectivity index (χ1) is 8.72. The van der Waals surface area contributed by atoms with Gasteiger partial charge >= 0.3 is 0 Å². The van der Waals surface area contributed by atoms with Gasteiger partial charge in [-0.2, -0.15) is 0 Å². The standard InChI is InChI=1S/C13H20N2O3S/c1-9(2)19(17,18)7-6-13(16)15-12-5-4-11(14)8-10(12)3/h4-5,8-9H,6-7,14H2,1-3H3,(H,15,16). The van der Waals surface area contributed by atoms with Gasteiger partial charge in [0.2, 0.25) is 5.91 Å². The zero-order valence-electron chi connectivity index (χ0n) is 11.4. The summed E-state index contributed by atoms with van der Waals surface area (Å²) in [6, 6.07) is 5.15. The lowest BCUT2D eigenvalue weighted by molar-refractivity contribution is -0.115. The van der Waals surface area contributed by atoms with E-state index in [0.717, 1.165) is 5.56 Å². The largest absolute Gasteiger partial charge is 0.399 e. The lowest BCUT2D eigenvalue weighted by Crippen LogP contribution is -2.22. The van der Waals surface area contributed by atoms with E-state index in [1.54, 1.807) is 32.0 Å². The summed E-state index contributed by atoms with van der Waals surface area (Å²) in [5, 5.41) is 2.23. The number of nitrogen functional groups attached to an aromatic ring is 1. The third-order valence-corrected chi connectivity index (χ3v) is 5.07. The van der Waals surface area contributed by atoms with E-state index >= 15 is 0 Å². The number of carbonyl (C=O) groups excluding carboxylic acids is 1. The van der Waals surface area contributed by atoms with Gasteiger partial charge in [0, 0.05) is 17.8 Å². The fourth-order valence-electron chi connectivity index (χ4n) is 1.51. The Hall–Kier alpha value is -1.56. The number of nitrogens with one attached hydrogen (secondary N) is 1. The van der Waals surface area contributed by atoms with Crippen molar-refractivity contribution in [1.82, 2.24) is 0 Å². The van der Waals surface area contributed by atoms with Crippen LogP contribution in [0.5, 0.6) is 0 Å². The summed E-state index contributed by atoms with van der Waals surface area (Å²) >= 11 is 0. The van der Waals surface area contributed by atoms with Crippen molar-refractivity contribution in [3.05, 3.63) is 23.8 Å². The van der Waals surface area contributed by atoms with E-state index in [2.05, 4.69) is 5.32 Å². The molecule has 0 aliphatic rings. The Labute approximate surface area is 114 Å². The predicted molar refractivity (Wildman–Crippen MR) is 77.8 cm³/mol. The topological polar surface area (TPSA) is 89.3 Å². The van der Waals surface area contributed by atoms with Gasteiger partial charge in [0.1, 0.15) is 0 Å². The molecule has 0 aliphatic carbocycles. The van der Waals surface area contributed by atoms with Gasteiger partial charge in [0.05, 0.1) is 11.0 Å². The number of amides is 1. The first-order valence-corrected chi connectivity index (χ1v) is 7.81. The van der Waals surface area contributed by atoms with Crippen molar-refractivity contribution in [2.24, 2.45) is 0 Å². The molecule has 0 radical (unpaired) electrons. The average Bonchev–Trinajstić information content (AvgIpc) is 2.30. The van der Waals surface area contributed by atoms with Crippen molar-refractivity contribution in [2.75, 3.05) is 16.8 Å². The van der Waals surface area contributed by atoms with Crippen LogP contribution in [0.1, 0.15) is 25.8 Å². The molecule has 0 atom stereocenters. The summed E-state index contributed by atoms with van der Waals surface area (Å²) in [4.78, 5) is 11.7. The highest BCUT2D eigenvalue weighted by molar-refractivity contribution is 7.91. The SMILES string of the molecule is Cc1cc(N)ccc1NC(=O)CCS(=O)(=O)C(C)C. The smallest absolute Gasteiger partial charge is 0.225 e. The van der Waals surface area contributed by atoms with Gasteiger partial charge in [-0.15, -0.1) is 0 Å². The van der Waals surface area contributed by atoms with Gasteiger partial charge < -0.3 is 11.1 Å². The summed E-state index contributed by atoms with van der Waals surface area (Å²) in [7, 11) is -3.18. The molecule has 0 aromatic heterocycles. The van der Waals surface area contributed by atoms with E-state index in [4.69, 9.17) is 5.73 Å². The fraction of sp³-hybridized carbons (Fsp3) is 0.462. The van der Waals surface area contributed by atoms with E-state index in [1.165, 1.54) is 0 Å². The van der Waals surface area contributed by atoms with Crippen LogP contribution in [0.25, 0.3) is 0 Å². The quantitative estimate of drug-likeness (QED) is 0.806. The molecule has 0 saturated heterocycles. The van der Waals surface area contributed by atoms with Gasteiger partial charge in [-0.05, 0) is 44.5 Å². The number of rotatable bonds is 5. The van der Waals surface area contributed by atoms with Gasteiger partial charge in [-0.1, -0.05) is 0 Å². The molecule has 1 aromatic carbocycles. The number of benzene rings is 1. The Kier molecular flexibility index (Phi) is 4.94. The lowest BCUT2D eigenvalue weighted by atomic mass is 10.2. The molecule has 5 nitrogen and oxygen atoms in total. The molecule has 106 valence electrons. The van der Waals surface area contributed by atoms with Crippen LogP contribution in [0.2, 0.25) is 0 Å². The molecule has 0 unspecified atom stereocenters. The zero-order valence-corrected chi connectivity index (χ0v) is 12.3. The minimum absolute atomic E-state index is 0.0374. The predicted octanol–water partition coefficient (Wildman–Crippen LogP) is 1.73. The van der Waals surface area contributed by atoms with Crippen LogP contribution < -0.4 is 11.1 Å². The second kappa shape index (κ2) is 6.06. The van der Waals surface area contributed by atoms with Crippen molar-refractivity contribution >= 4 is 27.1 Å². The first-order valence-electron chi connectivity index (χ1n) is 6.10. The lowest BCUT2D eigenvalue weighted by Gasteiger charge is -2.10. The number of anilines is 2. The maximum atomic E-state index is 11.7. The molecule has 1 aromatic rings. The molecule has 0 aliphatic heterocycles. The second-order valence-corrected chi connectivity index (χ2v) is 7.47. The Morgan fingerprint density at radius 3 is 2.53 bits per heavy atom. The molecule has 3 N–H and O–H groups in total. The number of hydrogen-bond acceptors (Lipinski definition) is 4.